The summed E-state index contributed by atoms with van der Waals surface area (Å²) in [4.78, 5) is 24.3. The molecule has 1 unspecified atom stereocenters. The Balaban J connectivity index is 0.000000239. The predicted octanol–water partition coefficient (Wildman–Crippen LogP) is 4.68. The van der Waals surface area contributed by atoms with Crippen LogP contribution in [0.25, 0.3) is 16.7 Å². The summed E-state index contributed by atoms with van der Waals surface area (Å²) in [6.45, 7) is 17.2. The van der Waals surface area contributed by atoms with Crippen LogP contribution >= 0.6 is 0 Å². The van der Waals surface area contributed by atoms with Crippen LogP contribution in [0.4, 0.5) is 0 Å². The minimum atomic E-state index is -3.20. The molecule has 52 heavy (non-hydrogen) atoms. The van der Waals surface area contributed by atoms with Crippen LogP contribution in [0.2, 0.25) is 0 Å². The number of H-pyrrole nitrogens is 1. The van der Waals surface area contributed by atoms with E-state index >= 15 is 0 Å². The number of nitrogens with zero attached hydrogens (tertiary/aromatic N) is 3. The zero-order valence-corrected chi connectivity index (χ0v) is 32.5. The molecule has 3 heterocycles. The zero-order chi connectivity index (χ0) is 37.9. The minimum Gasteiger partial charge on any atom is -0.380 e. The van der Waals surface area contributed by atoms with E-state index < -0.39 is 9.84 Å². The molecule has 0 spiro atoms. The van der Waals surface area contributed by atoms with Crippen molar-refractivity contribution in [2.24, 2.45) is 16.5 Å². The van der Waals surface area contributed by atoms with E-state index in [1.165, 1.54) is 0 Å². The van der Waals surface area contributed by atoms with Gasteiger partial charge in [-0.3, -0.25) is 9.56 Å². The second kappa shape index (κ2) is 18.1. The Morgan fingerprint density at radius 1 is 1.00 bits per heavy atom. The van der Waals surface area contributed by atoms with Gasteiger partial charge < -0.3 is 31.8 Å². The Bertz CT molecular complexity index is 1910. The number of ether oxygens (including phenoxy) is 1. The van der Waals surface area contributed by atoms with Gasteiger partial charge in [0, 0.05) is 48.4 Å². The van der Waals surface area contributed by atoms with Crippen LogP contribution in [0.3, 0.4) is 0 Å². The van der Waals surface area contributed by atoms with E-state index in [1.54, 1.807) is 16.7 Å². The molecule has 0 radical (unpaired) electrons. The summed E-state index contributed by atoms with van der Waals surface area (Å²) in [5, 5.41) is 7.65. The number of nitrogens with one attached hydrogen (secondary N) is 3. The van der Waals surface area contributed by atoms with Gasteiger partial charge in [0.05, 0.1) is 22.9 Å². The number of guanidine groups is 1. The highest BCUT2D eigenvalue weighted by Crippen LogP contribution is 2.25. The van der Waals surface area contributed by atoms with Gasteiger partial charge in [-0.1, -0.05) is 65.8 Å². The van der Waals surface area contributed by atoms with Crippen molar-refractivity contribution in [2.45, 2.75) is 95.5 Å². The number of benzene rings is 2. The molecule has 1 saturated heterocycles. The third-order valence-electron chi connectivity index (χ3n) is 8.93. The second-order valence-electron chi connectivity index (χ2n) is 15.4. The highest BCUT2D eigenvalue weighted by atomic mass is 32.2. The number of hydrogen-bond donors (Lipinski definition) is 5. The number of nitrogens with two attached hydrogens (primary N) is 2. The van der Waals surface area contributed by atoms with Gasteiger partial charge in [0.2, 0.25) is 0 Å². The Labute approximate surface area is 308 Å². The Hall–Kier alpha value is -4.04. The summed E-state index contributed by atoms with van der Waals surface area (Å²) in [5.74, 6) is 0.306. The molecule has 2 aromatic carbocycles. The smallest absolute Gasteiger partial charge is 0.354 e. The maximum atomic E-state index is 12.5. The molecule has 1 aliphatic heterocycles. The first-order valence-corrected chi connectivity index (χ1v) is 19.8. The van der Waals surface area contributed by atoms with E-state index in [9.17, 15) is 13.2 Å². The van der Waals surface area contributed by atoms with Crippen LogP contribution in [0.5, 0.6) is 0 Å². The average molecular weight is 735 g/mol. The molecule has 0 bridgehead atoms. The van der Waals surface area contributed by atoms with Crippen molar-refractivity contribution in [3.8, 4) is 5.69 Å². The summed E-state index contributed by atoms with van der Waals surface area (Å²) < 4.78 is 31.8. The third kappa shape index (κ3) is 12.3. The fourth-order valence-corrected chi connectivity index (χ4v) is 7.06. The number of hydrogen-bond acceptors (Lipinski definition) is 8. The summed E-state index contributed by atoms with van der Waals surface area (Å²) in [5.41, 5.74) is 15.0. The van der Waals surface area contributed by atoms with Gasteiger partial charge in [-0.05, 0) is 85.6 Å². The molecule has 1 fully saturated rings. The van der Waals surface area contributed by atoms with Gasteiger partial charge in [0.1, 0.15) is 5.65 Å². The van der Waals surface area contributed by atoms with Crippen LogP contribution in [0, 0.1) is 0 Å². The number of aromatic nitrogens is 3. The van der Waals surface area contributed by atoms with Gasteiger partial charge in [0.25, 0.3) is 0 Å². The molecule has 0 amide bonds. The van der Waals surface area contributed by atoms with Crippen molar-refractivity contribution in [3.05, 3.63) is 88.1 Å². The molecule has 13 heteroatoms. The molecule has 0 aliphatic carbocycles. The summed E-state index contributed by atoms with van der Waals surface area (Å²) in [7, 11) is -3.20. The van der Waals surface area contributed by atoms with Crippen LogP contribution in [-0.4, -0.2) is 73.6 Å². The number of aliphatic imine (C=N–C) groups is 1. The SMILES string of the molecule is CC(C)(C)c1cc2cn(-c3ccc(CNCCCN=C(N)N)cc3)c(=O)nc2[nH]1.CC(C)(C)c1ccc(S(=O)(=O)CCCNC2CCCOC2)cc1. The van der Waals surface area contributed by atoms with Crippen LogP contribution in [0.15, 0.2) is 75.5 Å². The van der Waals surface area contributed by atoms with Crippen molar-refractivity contribution in [1.29, 1.82) is 0 Å². The first-order chi connectivity index (χ1) is 24.5. The van der Waals surface area contributed by atoms with Gasteiger partial charge in [-0.15, -0.1) is 0 Å². The normalized spacial score (nSPS) is 15.2. The zero-order valence-electron chi connectivity index (χ0n) is 31.7. The Kier molecular flexibility index (Phi) is 14.2. The summed E-state index contributed by atoms with van der Waals surface area (Å²) in [6, 6.07) is 17.6. The molecule has 0 saturated carbocycles. The molecular formula is C39H58N8O4S. The lowest BCUT2D eigenvalue weighted by Gasteiger charge is -2.23. The fourth-order valence-electron chi connectivity index (χ4n) is 5.75. The molecule has 7 N–H and O–H groups in total. The number of aromatic amines is 1. The summed E-state index contributed by atoms with van der Waals surface area (Å²) in [6.07, 6.45) is 5.52. The van der Waals surface area contributed by atoms with Crippen molar-refractivity contribution in [2.75, 3.05) is 38.6 Å². The lowest BCUT2D eigenvalue weighted by molar-refractivity contribution is 0.0706. The third-order valence-corrected chi connectivity index (χ3v) is 10.7. The average Bonchev–Trinajstić information content (AvgIpc) is 3.52. The fraction of sp³-hybridized carbons (Fsp3) is 0.513. The first kappa shape index (κ1) is 40.7. The van der Waals surface area contributed by atoms with Gasteiger partial charge in [0.15, 0.2) is 15.8 Å². The van der Waals surface area contributed by atoms with Crippen molar-refractivity contribution in [1.82, 2.24) is 25.2 Å². The Morgan fingerprint density at radius 2 is 1.71 bits per heavy atom. The van der Waals surface area contributed by atoms with E-state index in [2.05, 4.69) is 73.2 Å². The van der Waals surface area contributed by atoms with E-state index in [0.717, 1.165) is 73.5 Å². The lowest BCUT2D eigenvalue weighted by Crippen LogP contribution is -2.37. The molecule has 1 atom stereocenters. The number of sulfone groups is 1. The number of rotatable bonds is 13. The van der Waals surface area contributed by atoms with Gasteiger partial charge in [-0.2, -0.15) is 4.98 Å². The predicted molar refractivity (Wildman–Crippen MR) is 211 cm³/mol. The van der Waals surface area contributed by atoms with E-state index in [4.69, 9.17) is 16.2 Å². The van der Waals surface area contributed by atoms with Crippen LogP contribution in [-0.2, 0) is 31.9 Å². The molecule has 4 aromatic rings. The first-order valence-electron chi connectivity index (χ1n) is 18.2. The van der Waals surface area contributed by atoms with Crippen molar-refractivity contribution in [3.63, 3.8) is 0 Å². The lowest BCUT2D eigenvalue weighted by atomic mass is 9.87. The standard InChI is InChI=1S/C21H29N7O.C18H29NO3S/c1-21(2,3)17-11-15-13-28(20(29)27-18(15)26-17)16-7-5-14(6-8-16)12-24-9-4-10-25-19(22)23;1-18(2,3)15-7-9-17(10-8-15)23(20,21)13-5-11-19-16-6-4-12-22-14-16/h5-8,11,13,24H,4,9-10,12H2,1-3H3,(H4,22,23,25)(H,26,27,29);7-10,16,19H,4-6,11-14H2,1-3H3. The summed E-state index contributed by atoms with van der Waals surface area (Å²) >= 11 is 0. The van der Waals surface area contributed by atoms with E-state index in [1.807, 2.05) is 42.6 Å². The minimum absolute atomic E-state index is 0.0352. The maximum Gasteiger partial charge on any atom is 0.354 e. The van der Waals surface area contributed by atoms with Gasteiger partial charge in [-0.25, -0.2) is 13.2 Å². The largest absolute Gasteiger partial charge is 0.380 e. The molecule has 12 nitrogen and oxygen atoms in total. The van der Waals surface area contributed by atoms with E-state index in [0.29, 0.717) is 36.1 Å². The highest BCUT2D eigenvalue weighted by Gasteiger charge is 2.19. The van der Waals surface area contributed by atoms with Crippen molar-refractivity contribution >= 4 is 26.8 Å². The molecule has 284 valence electrons. The second-order valence-corrected chi connectivity index (χ2v) is 17.6. The Morgan fingerprint density at radius 3 is 2.33 bits per heavy atom. The van der Waals surface area contributed by atoms with Crippen molar-refractivity contribution < 1.29 is 13.2 Å². The molecule has 1 aliphatic rings. The molecule has 2 aromatic heterocycles. The maximum absolute atomic E-state index is 12.5. The van der Waals surface area contributed by atoms with Crippen LogP contribution in [0.1, 0.15) is 84.0 Å². The van der Waals surface area contributed by atoms with Gasteiger partial charge >= 0.3 is 5.69 Å². The van der Waals surface area contributed by atoms with Crippen LogP contribution < -0.4 is 27.8 Å². The quantitative estimate of drug-likeness (QED) is 0.0740. The molecular weight excluding hydrogens is 677 g/mol. The monoisotopic (exact) mass is 734 g/mol. The van der Waals surface area contributed by atoms with E-state index in [-0.39, 0.29) is 28.2 Å². The molecule has 5 rings (SSSR count). The highest BCUT2D eigenvalue weighted by molar-refractivity contribution is 7.91. The number of fused-ring (bicyclic) bond motifs is 1. The topological polar surface area (TPSA) is 183 Å².